The average Bonchev–Trinajstić information content (AvgIpc) is 2.74. The summed E-state index contributed by atoms with van der Waals surface area (Å²) in [5.74, 6) is 1.04. The molecule has 1 aromatic carbocycles. The molecule has 3 N–H and O–H groups in total. The maximum absolute atomic E-state index is 10.9. The van der Waals surface area contributed by atoms with Crippen LogP contribution in [-0.4, -0.2) is 21.6 Å². The van der Waals surface area contributed by atoms with Crippen LogP contribution < -0.4 is 11.1 Å². The maximum Gasteiger partial charge on any atom is 0.314 e. The van der Waals surface area contributed by atoms with Gasteiger partial charge in [-0.2, -0.15) is 4.98 Å². The molecule has 0 aliphatic carbocycles. The van der Waals surface area contributed by atoms with Crippen LogP contribution in [-0.2, 0) is 6.42 Å². The molecule has 0 amide bonds. The number of nitrogens with one attached hydrogen (secondary N) is 1. The summed E-state index contributed by atoms with van der Waals surface area (Å²) < 4.78 is 4.83. The van der Waals surface area contributed by atoms with Crippen molar-refractivity contribution in [3.05, 3.63) is 40.0 Å². The van der Waals surface area contributed by atoms with Crippen molar-refractivity contribution in [3.63, 3.8) is 0 Å². The molecule has 0 spiro atoms. The summed E-state index contributed by atoms with van der Waals surface area (Å²) in [4.78, 5) is 14.5. The first-order valence-electron chi connectivity index (χ1n) is 5.64. The number of hydrogen-bond acceptors (Lipinski definition) is 7. The Morgan fingerprint density at radius 3 is 2.95 bits per heavy atom. The summed E-state index contributed by atoms with van der Waals surface area (Å²) in [6.45, 7) is 2.15. The second-order valence-electron chi connectivity index (χ2n) is 3.91. The Labute approximate surface area is 108 Å². The van der Waals surface area contributed by atoms with Crippen LogP contribution in [0.2, 0.25) is 0 Å². The van der Waals surface area contributed by atoms with Gasteiger partial charge in [0.25, 0.3) is 0 Å². The Morgan fingerprint density at radius 1 is 1.53 bits per heavy atom. The van der Waals surface area contributed by atoms with Gasteiger partial charge in [0, 0.05) is 19.9 Å². The lowest BCUT2D eigenvalue weighted by Crippen LogP contribution is -2.08. The van der Waals surface area contributed by atoms with Crippen LogP contribution in [0.4, 0.5) is 17.1 Å². The zero-order chi connectivity index (χ0) is 13.8. The van der Waals surface area contributed by atoms with Gasteiger partial charge in [-0.05, 0) is 12.1 Å². The second kappa shape index (κ2) is 5.34. The molecule has 2 aromatic rings. The van der Waals surface area contributed by atoms with Gasteiger partial charge in [-0.25, -0.2) is 0 Å². The topological polar surface area (TPSA) is 120 Å². The summed E-state index contributed by atoms with van der Waals surface area (Å²) in [5, 5.41) is 17.6. The highest BCUT2D eigenvalue weighted by Gasteiger charge is 2.17. The summed E-state index contributed by atoms with van der Waals surface area (Å²) in [5.41, 5.74) is 5.98. The molecule has 0 radical (unpaired) electrons. The van der Waals surface area contributed by atoms with E-state index in [2.05, 4.69) is 15.5 Å². The van der Waals surface area contributed by atoms with Crippen LogP contribution in [0.3, 0.4) is 0 Å². The molecule has 8 heteroatoms. The molecule has 0 fully saturated rings. The van der Waals surface area contributed by atoms with Crippen molar-refractivity contribution < 1.29 is 9.45 Å². The van der Waals surface area contributed by atoms with Gasteiger partial charge in [0.15, 0.2) is 5.82 Å². The lowest BCUT2D eigenvalue weighted by Gasteiger charge is -2.06. The SMILES string of the molecule is Cc1nc(CCNc2cccc(N)c2[N+](=O)[O-])no1. The number of benzene rings is 1. The highest BCUT2D eigenvalue weighted by atomic mass is 16.6. The molecular weight excluding hydrogens is 250 g/mol. The molecule has 0 bridgehead atoms. The standard InChI is InChI=1S/C11H13N5O3/c1-7-14-10(15-19-7)5-6-13-9-4-2-3-8(12)11(9)16(17)18/h2-4,13H,5-6,12H2,1H3. The van der Waals surface area contributed by atoms with Gasteiger partial charge < -0.3 is 15.6 Å². The molecule has 0 unspecified atom stereocenters. The zero-order valence-electron chi connectivity index (χ0n) is 10.3. The highest BCUT2D eigenvalue weighted by molar-refractivity contribution is 5.74. The first kappa shape index (κ1) is 12.8. The normalized spacial score (nSPS) is 10.4. The van der Waals surface area contributed by atoms with E-state index in [0.29, 0.717) is 30.4 Å². The first-order valence-corrected chi connectivity index (χ1v) is 5.64. The van der Waals surface area contributed by atoms with Crippen molar-refractivity contribution in [3.8, 4) is 0 Å². The molecule has 2 rings (SSSR count). The molecule has 100 valence electrons. The summed E-state index contributed by atoms with van der Waals surface area (Å²) >= 11 is 0. The molecule has 19 heavy (non-hydrogen) atoms. The van der Waals surface area contributed by atoms with E-state index in [4.69, 9.17) is 10.3 Å². The Balaban J connectivity index is 2.03. The van der Waals surface area contributed by atoms with E-state index in [1.54, 1.807) is 19.1 Å². The molecule has 8 nitrogen and oxygen atoms in total. The lowest BCUT2D eigenvalue weighted by molar-refractivity contribution is -0.383. The van der Waals surface area contributed by atoms with Crippen molar-refractivity contribution in [2.75, 3.05) is 17.6 Å². The lowest BCUT2D eigenvalue weighted by atomic mass is 10.2. The molecule has 0 aliphatic heterocycles. The predicted molar refractivity (Wildman–Crippen MR) is 68.7 cm³/mol. The van der Waals surface area contributed by atoms with Crippen molar-refractivity contribution in [2.45, 2.75) is 13.3 Å². The van der Waals surface area contributed by atoms with Gasteiger partial charge in [-0.1, -0.05) is 11.2 Å². The number of anilines is 2. The van der Waals surface area contributed by atoms with Gasteiger partial charge >= 0.3 is 5.69 Å². The fourth-order valence-electron chi connectivity index (χ4n) is 1.66. The van der Waals surface area contributed by atoms with E-state index in [1.165, 1.54) is 6.07 Å². The summed E-state index contributed by atoms with van der Waals surface area (Å²) in [6, 6.07) is 4.75. The van der Waals surface area contributed by atoms with Crippen LogP contribution in [0.5, 0.6) is 0 Å². The quantitative estimate of drug-likeness (QED) is 0.476. The van der Waals surface area contributed by atoms with E-state index >= 15 is 0 Å². The van der Waals surface area contributed by atoms with Crippen LogP contribution in [0.1, 0.15) is 11.7 Å². The summed E-state index contributed by atoms with van der Waals surface area (Å²) in [7, 11) is 0. The molecule has 1 heterocycles. The molecule has 0 saturated carbocycles. The molecular formula is C11H13N5O3. The largest absolute Gasteiger partial charge is 0.393 e. The maximum atomic E-state index is 10.9. The van der Waals surface area contributed by atoms with Crippen LogP contribution >= 0.6 is 0 Å². The van der Waals surface area contributed by atoms with Crippen molar-refractivity contribution >= 4 is 17.1 Å². The van der Waals surface area contributed by atoms with E-state index in [9.17, 15) is 10.1 Å². The smallest absolute Gasteiger partial charge is 0.314 e. The van der Waals surface area contributed by atoms with Gasteiger partial charge in [0.05, 0.1) is 4.92 Å². The number of nitrogens with two attached hydrogens (primary N) is 1. The fourth-order valence-corrected chi connectivity index (χ4v) is 1.66. The third-order valence-electron chi connectivity index (χ3n) is 2.48. The molecule has 1 aromatic heterocycles. The number of nitro groups is 1. The Kier molecular flexibility index (Phi) is 3.60. The van der Waals surface area contributed by atoms with E-state index in [0.717, 1.165) is 0 Å². The highest BCUT2D eigenvalue weighted by Crippen LogP contribution is 2.30. The number of nitrogens with zero attached hydrogens (tertiary/aromatic N) is 3. The fraction of sp³-hybridized carbons (Fsp3) is 0.273. The zero-order valence-corrected chi connectivity index (χ0v) is 10.3. The van der Waals surface area contributed by atoms with Crippen molar-refractivity contribution in [1.82, 2.24) is 10.1 Å². The molecule has 0 saturated heterocycles. The van der Waals surface area contributed by atoms with Crippen LogP contribution in [0, 0.1) is 17.0 Å². The molecule has 0 atom stereocenters. The minimum atomic E-state index is -0.504. The number of aromatic nitrogens is 2. The number of hydrogen-bond donors (Lipinski definition) is 2. The second-order valence-corrected chi connectivity index (χ2v) is 3.91. The van der Waals surface area contributed by atoms with Gasteiger partial charge in [-0.3, -0.25) is 10.1 Å². The number of nitro benzene ring substituents is 1. The van der Waals surface area contributed by atoms with E-state index < -0.39 is 4.92 Å². The van der Waals surface area contributed by atoms with Crippen LogP contribution in [0.15, 0.2) is 22.7 Å². The third-order valence-corrected chi connectivity index (χ3v) is 2.48. The van der Waals surface area contributed by atoms with Gasteiger partial charge in [0.1, 0.15) is 11.4 Å². The number of rotatable bonds is 5. The predicted octanol–water partition coefficient (Wildman–Crippen LogP) is 1.52. The average molecular weight is 263 g/mol. The van der Waals surface area contributed by atoms with E-state index in [1.807, 2.05) is 0 Å². The first-order chi connectivity index (χ1) is 9.08. The monoisotopic (exact) mass is 263 g/mol. The number of nitrogen functional groups attached to an aromatic ring is 1. The summed E-state index contributed by atoms with van der Waals surface area (Å²) in [6.07, 6.45) is 0.503. The minimum Gasteiger partial charge on any atom is -0.393 e. The van der Waals surface area contributed by atoms with Crippen molar-refractivity contribution in [1.29, 1.82) is 0 Å². The number of aryl methyl sites for hydroxylation is 1. The van der Waals surface area contributed by atoms with Gasteiger partial charge in [0.2, 0.25) is 5.89 Å². The molecule has 0 aliphatic rings. The van der Waals surface area contributed by atoms with E-state index in [-0.39, 0.29) is 11.4 Å². The van der Waals surface area contributed by atoms with Gasteiger partial charge in [-0.15, -0.1) is 0 Å². The Morgan fingerprint density at radius 2 is 2.32 bits per heavy atom. The Hall–Kier alpha value is -2.64. The Bertz CT molecular complexity index is 596. The number of para-hydroxylation sites is 1. The minimum absolute atomic E-state index is 0.119. The van der Waals surface area contributed by atoms with Crippen LogP contribution in [0.25, 0.3) is 0 Å². The third kappa shape index (κ3) is 2.97. The van der Waals surface area contributed by atoms with Crippen molar-refractivity contribution in [2.24, 2.45) is 0 Å².